The molecule has 0 bridgehead atoms. The van der Waals surface area contributed by atoms with Crippen molar-refractivity contribution in [2.45, 2.75) is 6.54 Å². The molecule has 0 radical (unpaired) electrons. The molecule has 7 nitrogen and oxygen atoms in total. The SMILES string of the molecule is CN(Cc1ncn[nH]1)C(=O)c1cncc(O)c1. The summed E-state index contributed by atoms with van der Waals surface area (Å²) in [5, 5.41) is 15.6. The largest absolute Gasteiger partial charge is 0.506 e. The van der Waals surface area contributed by atoms with Crippen molar-refractivity contribution in [3.8, 4) is 5.75 Å². The third-order valence-electron chi connectivity index (χ3n) is 2.17. The molecule has 0 aromatic carbocycles. The average molecular weight is 233 g/mol. The van der Waals surface area contributed by atoms with Gasteiger partial charge in [-0.3, -0.25) is 14.9 Å². The van der Waals surface area contributed by atoms with E-state index in [1.165, 1.54) is 29.7 Å². The summed E-state index contributed by atoms with van der Waals surface area (Å²) in [6.45, 7) is 0.314. The molecule has 0 aliphatic rings. The van der Waals surface area contributed by atoms with E-state index in [0.717, 1.165) is 0 Å². The summed E-state index contributed by atoms with van der Waals surface area (Å²) in [6, 6.07) is 1.37. The monoisotopic (exact) mass is 233 g/mol. The van der Waals surface area contributed by atoms with E-state index in [-0.39, 0.29) is 11.7 Å². The highest BCUT2D eigenvalue weighted by Crippen LogP contribution is 2.11. The van der Waals surface area contributed by atoms with Crippen LogP contribution in [0.15, 0.2) is 24.8 Å². The van der Waals surface area contributed by atoms with E-state index in [9.17, 15) is 9.90 Å². The first-order chi connectivity index (χ1) is 8.16. The van der Waals surface area contributed by atoms with Crippen molar-refractivity contribution >= 4 is 5.91 Å². The molecule has 17 heavy (non-hydrogen) atoms. The Balaban J connectivity index is 2.09. The van der Waals surface area contributed by atoms with Gasteiger partial charge in [0.2, 0.25) is 0 Å². The number of rotatable bonds is 3. The number of carbonyl (C=O) groups excluding carboxylic acids is 1. The van der Waals surface area contributed by atoms with Crippen molar-refractivity contribution in [2.24, 2.45) is 0 Å². The minimum absolute atomic E-state index is 0.0380. The third-order valence-corrected chi connectivity index (χ3v) is 2.17. The van der Waals surface area contributed by atoms with Gasteiger partial charge in [-0.25, -0.2) is 4.98 Å². The Morgan fingerprint density at radius 2 is 2.35 bits per heavy atom. The number of hydrogen-bond acceptors (Lipinski definition) is 5. The van der Waals surface area contributed by atoms with Gasteiger partial charge < -0.3 is 10.0 Å². The average Bonchev–Trinajstić information content (AvgIpc) is 2.80. The van der Waals surface area contributed by atoms with Crippen molar-refractivity contribution in [1.29, 1.82) is 0 Å². The summed E-state index contributed by atoms with van der Waals surface area (Å²) in [5.74, 6) is 0.308. The van der Waals surface area contributed by atoms with Crippen LogP contribution in [-0.4, -0.2) is 43.1 Å². The lowest BCUT2D eigenvalue weighted by molar-refractivity contribution is 0.0781. The van der Waals surface area contributed by atoms with Gasteiger partial charge in [-0.05, 0) is 6.07 Å². The normalized spacial score (nSPS) is 10.2. The van der Waals surface area contributed by atoms with Gasteiger partial charge in [0.25, 0.3) is 5.91 Å². The molecule has 7 heteroatoms. The molecule has 2 rings (SSSR count). The summed E-state index contributed by atoms with van der Waals surface area (Å²) >= 11 is 0. The van der Waals surface area contributed by atoms with Crippen LogP contribution in [0.25, 0.3) is 0 Å². The number of nitrogens with zero attached hydrogens (tertiary/aromatic N) is 4. The van der Waals surface area contributed by atoms with E-state index in [1.54, 1.807) is 7.05 Å². The molecule has 0 aliphatic heterocycles. The van der Waals surface area contributed by atoms with Gasteiger partial charge in [-0.1, -0.05) is 0 Å². The maximum absolute atomic E-state index is 11.9. The fourth-order valence-electron chi connectivity index (χ4n) is 1.37. The van der Waals surface area contributed by atoms with Gasteiger partial charge in [-0.15, -0.1) is 0 Å². The number of aromatic hydroxyl groups is 1. The zero-order chi connectivity index (χ0) is 12.3. The second-order valence-electron chi connectivity index (χ2n) is 3.53. The van der Waals surface area contributed by atoms with Crippen LogP contribution in [0.5, 0.6) is 5.75 Å². The first kappa shape index (κ1) is 11.1. The highest BCUT2D eigenvalue weighted by Gasteiger charge is 2.13. The van der Waals surface area contributed by atoms with Crippen LogP contribution in [0.2, 0.25) is 0 Å². The molecule has 0 spiro atoms. The first-order valence-corrected chi connectivity index (χ1v) is 4.90. The quantitative estimate of drug-likeness (QED) is 0.788. The van der Waals surface area contributed by atoms with E-state index >= 15 is 0 Å². The van der Waals surface area contributed by atoms with Crippen LogP contribution >= 0.6 is 0 Å². The fourth-order valence-corrected chi connectivity index (χ4v) is 1.37. The van der Waals surface area contributed by atoms with Crippen LogP contribution in [0.3, 0.4) is 0 Å². The molecule has 2 heterocycles. The molecule has 0 unspecified atom stereocenters. The molecular formula is C10H11N5O2. The first-order valence-electron chi connectivity index (χ1n) is 4.90. The number of carbonyl (C=O) groups is 1. The molecule has 0 atom stereocenters. The van der Waals surface area contributed by atoms with Gasteiger partial charge in [0.1, 0.15) is 17.9 Å². The predicted molar refractivity (Wildman–Crippen MR) is 58.1 cm³/mol. The zero-order valence-electron chi connectivity index (χ0n) is 9.16. The summed E-state index contributed by atoms with van der Waals surface area (Å²) in [5.41, 5.74) is 0.326. The predicted octanol–water partition coefficient (Wildman–Crippen LogP) is 0.177. The Kier molecular flexibility index (Phi) is 2.99. The lowest BCUT2D eigenvalue weighted by Gasteiger charge is -2.15. The van der Waals surface area contributed by atoms with Crippen molar-refractivity contribution < 1.29 is 9.90 Å². The third kappa shape index (κ3) is 2.57. The number of H-pyrrole nitrogens is 1. The topological polar surface area (TPSA) is 95.0 Å². The van der Waals surface area contributed by atoms with Crippen molar-refractivity contribution in [3.05, 3.63) is 36.2 Å². The van der Waals surface area contributed by atoms with Gasteiger partial charge in [-0.2, -0.15) is 5.10 Å². The molecule has 0 fully saturated rings. The smallest absolute Gasteiger partial charge is 0.255 e. The van der Waals surface area contributed by atoms with E-state index in [4.69, 9.17) is 0 Å². The minimum Gasteiger partial charge on any atom is -0.506 e. The summed E-state index contributed by atoms with van der Waals surface area (Å²) in [4.78, 5) is 21.1. The van der Waals surface area contributed by atoms with Crippen LogP contribution < -0.4 is 0 Å². The van der Waals surface area contributed by atoms with E-state index < -0.39 is 0 Å². The lowest BCUT2D eigenvalue weighted by atomic mass is 10.2. The fraction of sp³-hybridized carbons (Fsp3) is 0.200. The maximum Gasteiger partial charge on any atom is 0.255 e. The highest BCUT2D eigenvalue weighted by molar-refractivity contribution is 5.93. The number of pyridine rings is 1. The Morgan fingerprint density at radius 3 is 3.00 bits per heavy atom. The highest BCUT2D eigenvalue weighted by atomic mass is 16.3. The minimum atomic E-state index is -0.246. The summed E-state index contributed by atoms with van der Waals surface area (Å²) in [6.07, 6.45) is 4.05. The maximum atomic E-state index is 11.9. The molecule has 1 amide bonds. The van der Waals surface area contributed by atoms with Gasteiger partial charge in [0.05, 0.1) is 18.3 Å². The van der Waals surface area contributed by atoms with Crippen LogP contribution in [-0.2, 0) is 6.54 Å². The number of amides is 1. The van der Waals surface area contributed by atoms with Gasteiger partial charge in [0.15, 0.2) is 0 Å². The van der Waals surface area contributed by atoms with Crippen molar-refractivity contribution in [1.82, 2.24) is 25.1 Å². The standard InChI is InChI=1S/C10H11N5O2/c1-15(5-9-12-6-13-14-9)10(17)7-2-8(16)4-11-3-7/h2-4,6,16H,5H2,1H3,(H,12,13,14). The molecule has 2 N–H and O–H groups in total. The Hall–Kier alpha value is -2.44. The molecular weight excluding hydrogens is 222 g/mol. The zero-order valence-corrected chi connectivity index (χ0v) is 9.16. The van der Waals surface area contributed by atoms with Crippen LogP contribution in [0, 0.1) is 0 Å². The molecule has 0 saturated heterocycles. The van der Waals surface area contributed by atoms with Crippen LogP contribution in [0.4, 0.5) is 0 Å². The van der Waals surface area contributed by atoms with E-state index in [0.29, 0.717) is 17.9 Å². The second-order valence-corrected chi connectivity index (χ2v) is 3.53. The number of aromatic nitrogens is 4. The molecule has 0 aliphatic carbocycles. The summed E-state index contributed by atoms with van der Waals surface area (Å²) < 4.78 is 0. The molecule has 0 saturated carbocycles. The van der Waals surface area contributed by atoms with Crippen molar-refractivity contribution in [2.75, 3.05) is 7.05 Å². The molecule has 2 aromatic rings. The van der Waals surface area contributed by atoms with E-state index in [2.05, 4.69) is 20.2 Å². The van der Waals surface area contributed by atoms with E-state index in [1.807, 2.05) is 0 Å². The number of hydrogen-bond donors (Lipinski definition) is 2. The Bertz CT molecular complexity index is 511. The Morgan fingerprint density at radius 1 is 1.53 bits per heavy atom. The molecule has 2 aromatic heterocycles. The van der Waals surface area contributed by atoms with Gasteiger partial charge in [0, 0.05) is 13.2 Å². The second kappa shape index (κ2) is 4.60. The van der Waals surface area contributed by atoms with Crippen molar-refractivity contribution in [3.63, 3.8) is 0 Å². The Labute approximate surface area is 97.1 Å². The molecule has 88 valence electrons. The van der Waals surface area contributed by atoms with Crippen LogP contribution in [0.1, 0.15) is 16.2 Å². The summed E-state index contributed by atoms with van der Waals surface area (Å²) in [7, 11) is 1.63. The van der Waals surface area contributed by atoms with Gasteiger partial charge >= 0.3 is 0 Å². The lowest BCUT2D eigenvalue weighted by Crippen LogP contribution is -2.26. The number of aromatic amines is 1. The number of nitrogens with one attached hydrogen (secondary N) is 1.